The number of nitrogens with zero attached hydrogens (tertiary/aromatic N) is 2. The Morgan fingerprint density at radius 2 is 1.79 bits per heavy atom. The van der Waals surface area contributed by atoms with Crippen LogP contribution in [0.25, 0.3) is 10.8 Å². The highest BCUT2D eigenvalue weighted by atomic mass is 32.2. The van der Waals surface area contributed by atoms with Gasteiger partial charge >= 0.3 is 5.97 Å². The molecule has 0 spiro atoms. The SMILES string of the molecule is CC(=N)N1CCC(Oc2ccc(N=C(N)c3ccc4ccc(CNS(=O)(=O)CC(=O)O)cc4c3)cc2)CC1. The zero-order chi connectivity index (χ0) is 27.3. The molecule has 0 aliphatic carbocycles. The molecule has 5 N–H and O–H groups in total. The molecule has 0 radical (unpaired) electrons. The molecule has 0 aromatic heterocycles. The third-order valence-electron chi connectivity index (χ3n) is 6.32. The van der Waals surface area contributed by atoms with E-state index in [4.69, 9.17) is 21.0 Å². The maximum atomic E-state index is 11.8. The van der Waals surface area contributed by atoms with Crippen LogP contribution in [0.2, 0.25) is 0 Å². The second-order valence-corrected chi connectivity index (χ2v) is 11.1. The second kappa shape index (κ2) is 11.6. The maximum absolute atomic E-state index is 11.8. The predicted octanol–water partition coefficient (Wildman–Crippen LogP) is 3.22. The fourth-order valence-corrected chi connectivity index (χ4v) is 5.09. The number of sulfonamides is 1. The molecule has 0 amide bonds. The standard InChI is InChI=1S/C27H31N5O5S/c1-18(28)32-12-10-25(11-13-32)37-24-8-6-23(7-9-24)31-27(29)21-5-4-20-3-2-19(14-22(20)15-21)16-30-38(35,36)17-26(33)34/h2-9,14-15,25,28,30H,10-13,16-17H2,1H3,(H2,29,31)(H,33,34). The fourth-order valence-electron chi connectivity index (χ4n) is 4.28. The molecule has 11 heteroatoms. The number of benzene rings is 3. The van der Waals surface area contributed by atoms with Gasteiger partial charge in [0.15, 0.2) is 5.75 Å². The number of nitrogens with one attached hydrogen (secondary N) is 2. The Hall–Kier alpha value is -3.96. The predicted molar refractivity (Wildman–Crippen MR) is 148 cm³/mol. The molecule has 4 rings (SSSR count). The van der Waals surface area contributed by atoms with E-state index in [1.165, 1.54) is 0 Å². The van der Waals surface area contributed by atoms with Crippen molar-refractivity contribution in [2.45, 2.75) is 32.4 Å². The van der Waals surface area contributed by atoms with Crippen LogP contribution in [0.4, 0.5) is 5.69 Å². The molecule has 1 heterocycles. The third-order valence-corrected chi connectivity index (χ3v) is 7.53. The number of carboxylic acid groups (broad SMARTS) is 1. The number of likely N-dealkylation sites (tertiary alicyclic amines) is 1. The molecule has 10 nitrogen and oxygen atoms in total. The first-order chi connectivity index (χ1) is 18.1. The summed E-state index contributed by atoms with van der Waals surface area (Å²) in [7, 11) is -3.91. The molecule has 1 aliphatic rings. The molecule has 38 heavy (non-hydrogen) atoms. The summed E-state index contributed by atoms with van der Waals surface area (Å²) >= 11 is 0. The van der Waals surface area contributed by atoms with Gasteiger partial charge in [0.2, 0.25) is 10.0 Å². The normalized spacial score (nSPS) is 15.0. The van der Waals surface area contributed by atoms with Crippen LogP contribution in [0.3, 0.4) is 0 Å². The van der Waals surface area contributed by atoms with Gasteiger partial charge in [0, 0.05) is 38.0 Å². The quantitative estimate of drug-likeness (QED) is 0.241. The Morgan fingerprint density at radius 3 is 2.45 bits per heavy atom. The number of fused-ring (bicyclic) bond motifs is 1. The summed E-state index contributed by atoms with van der Waals surface area (Å²) in [4.78, 5) is 17.3. The molecule has 1 fully saturated rings. The molecule has 3 aromatic carbocycles. The zero-order valence-corrected chi connectivity index (χ0v) is 21.9. The highest BCUT2D eigenvalue weighted by Gasteiger charge is 2.20. The third kappa shape index (κ3) is 7.30. The molecule has 0 atom stereocenters. The lowest BCUT2D eigenvalue weighted by Gasteiger charge is -2.32. The van der Waals surface area contributed by atoms with Crippen molar-refractivity contribution in [1.82, 2.24) is 9.62 Å². The van der Waals surface area contributed by atoms with E-state index in [1.54, 1.807) is 13.0 Å². The highest BCUT2D eigenvalue weighted by Crippen LogP contribution is 2.24. The van der Waals surface area contributed by atoms with E-state index in [2.05, 4.69) is 14.6 Å². The average Bonchev–Trinajstić information content (AvgIpc) is 2.88. The van der Waals surface area contributed by atoms with Crippen molar-refractivity contribution in [3.63, 3.8) is 0 Å². The van der Waals surface area contributed by atoms with Crippen molar-refractivity contribution < 1.29 is 23.1 Å². The largest absolute Gasteiger partial charge is 0.490 e. The van der Waals surface area contributed by atoms with Crippen molar-refractivity contribution in [2.24, 2.45) is 10.7 Å². The summed E-state index contributed by atoms with van der Waals surface area (Å²) in [6, 6.07) is 18.6. The topological polar surface area (TPSA) is 158 Å². The number of nitrogens with two attached hydrogens (primary N) is 1. The number of piperidine rings is 1. The minimum absolute atomic E-state index is 0.0187. The molecular formula is C27H31N5O5S. The fraction of sp³-hybridized carbons (Fsp3) is 0.296. The molecule has 0 bridgehead atoms. The summed E-state index contributed by atoms with van der Waals surface area (Å²) in [6.07, 6.45) is 1.88. The first kappa shape index (κ1) is 27.1. The van der Waals surface area contributed by atoms with Crippen LogP contribution < -0.4 is 15.2 Å². The maximum Gasteiger partial charge on any atom is 0.320 e. The van der Waals surface area contributed by atoms with Gasteiger partial charge in [0.05, 0.1) is 11.5 Å². The molecule has 3 aromatic rings. The van der Waals surface area contributed by atoms with Gasteiger partial charge in [-0.05, 0) is 59.7 Å². The molecular weight excluding hydrogens is 506 g/mol. The minimum Gasteiger partial charge on any atom is -0.490 e. The second-order valence-electron chi connectivity index (χ2n) is 9.25. The van der Waals surface area contributed by atoms with Gasteiger partial charge in [-0.2, -0.15) is 0 Å². The van der Waals surface area contributed by atoms with Crippen molar-refractivity contribution in [2.75, 3.05) is 18.8 Å². The summed E-state index contributed by atoms with van der Waals surface area (Å²) in [5.74, 6) is -0.689. The van der Waals surface area contributed by atoms with E-state index in [0.29, 0.717) is 22.9 Å². The summed E-state index contributed by atoms with van der Waals surface area (Å²) < 4.78 is 32.0. The molecule has 1 aliphatic heterocycles. The zero-order valence-electron chi connectivity index (χ0n) is 21.1. The van der Waals surface area contributed by atoms with Crippen LogP contribution in [-0.4, -0.2) is 61.0 Å². The van der Waals surface area contributed by atoms with Gasteiger partial charge in [-0.3, -0.25) is 10.2 Å². The number of aliphatic imine (C=N–C) groups is 1. The lowest BCUT2D eigenvalue weighted by molar-refractivity contribution is -0.134. The molecule has 1 saturated heterocycles. The van der Waals surface area contributed by atoms with E-state index in [9.17, 15) is 13.2 Å². The number of carbonyl (C=O) groups is 1. The van der Waals surface area contributed by atoms with Crippen LogP contribution in [-0.2, 0) is 21.4 Å². The number of rotatable bonds is 9. The van der Waals surface area contributed by atoms with Crippen LogP contribution in [0.1, 0.15) is 30.9 Å². The Balaban J connectivity index is 1.41. The summed E-state index contributed by atoms with van der Waals surface area (Å²) in [5.41, 5.74) is 8.38. The van der Waals surface area contributed by atoms with Gasteiger partial charge in [-0.1, -0.05) is 24.3 Å². The van der Waals surface area contributed by atoms with Crippen LogP contribution in [0.15, 0.2) is 65.7 Å². The van der Waals surface area contributed by atoms with Crippen LogP contribution >= 0.6 is 0 Å². The van der Waals surface area contributed by atoms with E-state index >= 15 is 0 Å². The molecule has 200 valence electrons. The van der Waals surface area contributed by atoms with E-state index in [-0.39, 0.29) is 12.6 Å². The van der Waals surface area contributed by atoms with Crippen molar-refractivity contribution >= 4 is 44.1 Å². The number of hydrogen-bond donors (Lipinski definition) is 4. The van der Waals surface area contributed by atoms with Crippen molar-refractivity contribution in [3.8, 4) is 5.75 Å². The average molecular weight is 538 g/mol. The Morgan fingerprint density at radius 1 is 1.11 bits per heavy atom. The Kier molecular flexibility index (Phi) is 8.28. The van der Waals surface area contributed by atoms with E-state index in [0.717, 1.165) is 48.0 Å². The summed E-state index contributed by atoms with van der Waals surface area (Å²) in [5, 5.41) is 18.3. The lowest BCUT2D eigenvalue weighted by Crippen LogP contribution is -2.40. The van der Waals surface area contributed by atoms with Gasteiger partial charge < -0.3 is 20.5 Å². The number of hydrogen-bond acceptors (Lipinski definition) is 6. The monoisotopic (exact) mass is 537 g/mol. The van der Waals surface area contributed by atoms with Crippen molar-refractivity contribution in [1.29, 1.82) is 5.41 Å². The first-order valence-corrected chi connectivity index (χ1v) is 13.9. The summed E-state index contributed by atoms with van der Waals surface area (Å²) in [6.45, 7) is 3.44. The Labute approximate surface area is 221 Å². The van der Waals surface area contributed by atoms with Crippen LogP contribution in [0, 0.1) is 5.41 Å². The first-order valence-electron chi connectivity index (χ1n) is 12.2. The number of amidine groups is 2. The van der Waals surface area contributed by atoms with Gasteiger partial charge in [-0.25, -0.2) is 18.1 Å². The minimum atomic E-state index is -3.91. The van der Waals surface area contributed by atoms with E-state index < -0.39 is 21.7 Å². The van der Waals surface area contributed by atoms with Gasteiger partial charge in [0.25, 0.3) is 0 Å². The van der Waals surface area contributed by atoms with E-state index in [1.807, 2.05) is 54.6 Å². The highest BCUT2D eigenvalue weighted by molar-refractivity contribution is 7.90. The number of ether oxygens (including phenoxy) is 1. The molecule has 0 saturated carbocycles. The van der Waals surface area contributed by atoms with Gasteiger partial charge in [0.1, 0.15) is 17.7 Å². The smallest absolute Gasteiger partial charge is 0.320 e. The lowest BCUT2D eigenvalue weighted by atomic mass is 10.0. The van der Waals surface area contributed by atoms with Gasteiger partial charge in [-0.15, -0.1) is 0 Å². The Bertz CT molecular complexity index is 1460. The number of carboxylic acids is 1. The molecule has 0 unspecified atom stereocenters. The number of aliphatic carboxylic acids is 1. The van der Waals surface area contributed by atoms with Crippen LogP contribution in [0.5, 0.6) is 5.75 Å². The van der Waals surface area contributed by atoms with Crippen molar-refractivity contribution in [3.05, 3.63) is 71.8 Å².